The number of halogens is 1. The maximum Gasteiger partial charge on any atom is 0.237 e. The lowest BCUT2D eigenvalue weighted by Gasteiger charge is -2.12. The minimum atomic E-state index is -0.275. The van der Waals surface area contributed by atoms with Crippen LogP contribution >= 0.6 is 39.0 Å². The zero-order valence-corrected chi connectivity index (χ0v) is 16.0. The summed E-state index contributed by atoms with van der Waals surface area (Å²) in [5, 5.41) is 14.5. The molecule has 8 heteroatoms. The molecule has 0 aliphatic carbocycles. The van der Waals surface area contributed by atoms with Crippen molar-refractivity contribution in [3.8, 4) is 0 Å². The second-order valence-corrected chi connectivity index (χ2v) is 8.20. The highest BCUT2D eigenvalue weighted by Crippen LogP contribution is 2.30. The Kier molecular flexibility index (Phi) is 6.61. The Labute approximate surface area is 152 Å². The fraction of sp³-hybridized carbons (Fsp3) is 0.267. The fourth-order valence-electron chi connectivity index (χ4n) is 1.65. The molecule has 2 rings (SSSR count). The number of thioether (sulfide) groups is 1. The number of hydrogen-bond donors (Lipinski definition) is 2. The van der Waals surface area contributed by atoms with Crippen molar-refractivity contribution in [3.63, 3.8) is 0 Å². The van der Waals surface area contributed by atoms with Crippen LogP contribution in [0.2, 0.25) is 0 Å². The molecule has 0 unspecified atom stereocenters. The summed E-state index contributed by atoms with van der Waals surface area (Å²) < 4.78 is 1.62. The molecule has 0 radical (unpaired) electrons. The standard InChI is InChI=1S/C15H17BrN4OS2/c1-4-7-17-14-19-20-15(23-14)22-10(3)13(21)18-12-6-5-9(2)8-11(12)16/h4-6,8,10H,1,7H2,2-3H3,(H,17,19)(H,18,21)/t10-/m0/s1. The van der Waals surface area contributed by atoms with Crippen LogP contribution in [0.5, 0.6) is 0 Å². The summed E-state index contributed by atoms with van der Waals surface area (Å²) in [6.45, 7) is 8.12. The predicted octanol–water partition coefficient (Wildman–Crippen LogP) is 4.33. The molecular formula is C15H17BrN4OS2. The van der Waals surface area contributed by atoms with E-state index in [0.717, 1.165) is 25.2 Å². The highest BCUT2D eigenvalue weighted by Gasteiger charge is 2.18. The van der Waals surface area contributed by atoms with Crippen LogP contribution in [0.15, 0.2) is 39.7 Å². The number of nitrogens with one attached hydrogen (secondary N) is 2. The zero-order chi connectivity index (χ0) is 16.8. The molecule has 0 aliphatic heterocycles. The average Bonchev–Trinajstić information content (AvgIpc) is 2.95. The van der Waals surface area contributed by atoms with Crippen molar-refractivity contribution in [2.24, 2.45) is 0 Å². The van der Waals surface area contributed by atoms with Gasteiger partial charge in [-0.2, -0.15) is 0 Å². The van der Waals surface area contributed by atoms with Crippen molar-refractivity contribution >= 4 is 55.8 Å². The van der Waals surface area contributed by atoms with Crippen LogP contribution in [0.4, 0.5) is 10.8 Å². The minimum absolute atomic E-state index is 0.0737. The van der Waals surface area contributed by atoms with Gasteiger partial charge in [-0.1, -0.05) is 35.2 Å². The number of rotatable bonds is 7. The number of benzene rings is 1. The first-order valence-electron chi connectivity index (χ1n) is 6.91. The first-order valence-corrected chi connectivity index (χ1v) is 9.40. The van der Waals surface area contributed by atoms with Gasteiger partial charge < -0.3 is 10.6 Å². The van der Waals surface area contributed by atoms with Crippen molar-refractivity contribution < 1.29 is 4.79 Å². The van der Waals surface area contributed by atoms with Gasteiger partial charge in [-0.3, -0.25) is 4.79 Å². The third-order valence-corrected chi connectivity index (χ3v) is 5.55. The lowest BCUT2D eigenvalue weighted by Crippen LogP contribution is -2.22. The number of aromatic nitrogens is 2. The molecule has 2 N–H and O–H groups in total. The Morgan fingerprint density at radius 2 is 2.30 bits per heavy atom. The number of nitrogens with zero attached hydrogens (tertiary/aromatic N) is 2. The highest BCUT2D eigenvalue weighted by atomic mass is 79.9. The number of amides is 1. The maximum atomic E-state index is 12.3. The third-order valence-electron chi connectivity index (χ3n) is 2.83. The van der Waals surface area contributed by atoms with E-state index in [2.05, 4.69) is 43.3 Å². The molecule has 23 heavy (non-hydrogen) atoms. The average molecular weight is 413 g/mol. The van der Waals surface area contributed by atoms with Gasteiger partial charge in [-0.25, -0.2) is 0 Å². The fourth-order valence-corrected chi connectivity index (χ4v) is 4.14. The molecule has 0 spiro atoms. The lowest BCUT2D eigenvalue weighted by atomic mass is 10.2. The van der Waals surface area contributed by atoms with E-state index in [0.29, 0.717) is 6.54 Å². The first-order chi connectivity index (χ1) is 11.0. The molecule has 0 aliphatic rings. The number of anilines is 2. The van der Waals surface area contributed by atoms with Gasteiger partial charge >= 0.3 is 0 Å². The molecule has 1 aromatic carbocycles. The van der Waals surface area contributed by atoms with Gasteiger partial charge in [0.05, 0.1) is 10.9 Å². The first kappa shape index (κ1) is 18.0. The van der Waals surface area contributed by atoms with Crippen molar-refractivity contribution in [3.05, 3.63) is 40.9 Å². The van der Waals surface area contributed by atoms with Crippen LogP contribution in [-0.4, -0.2) is 27.9 Å². The molecule has 2 aromatic rings. The summed E-state index contributed by atoms with van der Waals surface area (Å²) in [5.41, 5.74) is 1.89. The Morgan fingerprint density at radius 3 is 3.00 bits per heavy atom. The van der Waals surface area contributed by atoms with E-state index in [4.69, 9.17) is 0 Å². The van der Waals surface area contributed by atoms with Gasteiger partial charge in [0.1, 0.15) is 0 Å². The summed E-state index contributed by atoms with van der Waals surface area (Å²) in [6, 6.07) is 5.81. The summed E-state index contributed by atoms with van der Waals surface area (Å²) in [4.78, 5) is 12.3. The van der Waals surface area contributed by atoms with Crippen LogP contribution in [0, 0.1) is 6.92 Å². The van der Waals surface area contributed by atoms with Gasteiger partial charge in [-0.05, 0) is 47.5 Å². The molecule has 1 heterocycles. The zero-order valence-electron chi connectivity index (χ0n) is 12.8. The molecule has 0 fully saturated rings. The van der Waals surface area contributed by atoms with Crippen LogP contribution in [0.3, 0.4) is 0 Å². The van der Waals surface area contributed by atoms with E-state index < -0.39 is 0 Å². The lowest BCUT2D eigenvalue weighted by molar-refractivity contribution is -0.115. The molecule has 0 saturated carbocycles. The normalized spacial score (nSPS) is 11.8. The molecular weight excluding hydrogens is 396 g/mol. The Bertz CT molecular complexity index is 705. The third kappa shape index (κ3) is 5.33. The van der Waals surface area contributed by atoms with E-state index >= 15 is 0 Å². The molecule has 122 valence electrons. The van der Waals surface area contributed by atoms with Crippen molar-refractivity contribution in [1.29, 1.82) is 0 Å². The van der Waals surface area contributed by atoms with Crippen LogP contribution < -0.4 is 10.6 Å². The number of carbonyl (C=O) groups excluding carboxylic acids is 1. The Hall–Kier alpha value is -1.38. The second kappa shape index (κ2) is 8.47. The van der Waals surface area contributed by atoms with Gasteiger partial charge in [0.25, 0.3) is 0 Å². The molecule has 1 aromatic heterocycles. The summed E-state index contributed by atoms with van der Waals surface area (Å²) in [5.74, 6) is -0.0737. The maximum absolute atomic E-state index is 12.3. The van der Waals surface area contributed by atoms with E-state index in [9.17, 15) is 4.79 Å². The largest absolute Gasteiger partial charge is 0.357 e. The predicted molar refractivity (Wildman–Crippen MR) is 101 cm³/mol. The van der Waals surface area contributed by atoms with Crippen molar-refractivity contribution in [2.45, 2.75) is 23.4 Å². The smallest absolute Gasteiger partial charge is 0.237 e. The van der Waals surface area contributed by atoms with Gasteiger partial charge in [0.15, 0.2) is 4.34 Å². The highest BCUT2D eigenvalue weighted by molar-refractivity contribution is 9.10. The van der Waals surface area contributed by atoms with Gasteiger partial charge in [0, 0.05) is 11.0 Å². The SMILES string of the molecule is C=CCNc1nnc(S[C@@H](C)C(=O)Nc2ccc(C)cc2Br)s1. The molecule has 1 amide bonds. The molecule has 1 atom stereocenters. The van der Waals surface area contributed by atoms with Crippen LogP contribution in [0.25, 0.3) is 0 Å². The number of carbonyl (C=O) groups is 1. The monoisotopic (exact) mass is 412 g/mol. The van der Waals surface area contributed by atoms with Crippen molar-refractivity contribution in [1.82, 2.24) is 10.2 Å². The minimum Gasteiger partial charge on any atom is -0.357 e. The van der Waals surface area contributed by atoms with E-state index in [1.165, 1.54) is 23.1 Å². The molecule has 0 saturated heterocycles. The molecule has 5 nitrogen and oxygen atoms in total. The summed E-state index contributed by atoms with van der Waals surface area (Å²) in [7, 11) is 0. The van der Waals surface area contributed by atoms with Crippen molar-refractivity contribution in [2.75, 3.05) is 17.2 Å². The number of aryl methyl sites for hydroxylation is 1. The van der Waals surface area contributed by atoms with Gasteiger partial charge in [-0.15, -0.1) is 16.8 Å². The van der Waals surface area contributed by atoms with Crippen LogP contribution in [0.1, 0.15) is 12.5 Å². The second-order valence-electron chi connectivity index (χ2n) is 4.78. The van der Waals surface area contributed by atoms with Crippen LogP contribution in [-0.2, 0) is 4.79 Å². The Balaban J connectivity index is 1.94. The van der Waals surface area contributed by atoms with E-state index in [-0.39, 0.29) is 11.2 Å². The summed E-state index contributed by atoms with van der Waals surface area (Å²) >= 11 is 6.27. The quantitative estimate of drug-likeness (QED) is 0.523. The van der Waals surface area contributed by atoms with E-state index in [1.54, 1.807) is 6.08 Å². The summed E-state index contributed by atoms with van der Waals surface area (Å²) in [6.07, 6.45) is 1.75. The number of hydrogen-bond acceptors (Lipinski definition) is 6. The topological polar surface area (TPSA) is 66.9 Å². The molecule has 0 bridgehead atoms. The Morgan fingerprint density at radius 1 is 1.52 bits per heavy atom. The van der Waals surface area contributed by atoms with Gasteiger partial charge in [0.2, 0.25) is 11.0 Å². The van der Waals surface area contributed by atoms with E-state index in [1.807, 2.05) is 32.0 Å².